The Morgan fingerprint density at radius 3 is 2.68 bits per heavy atom. The van der Waals surface area contributed by atoms with Gasteiger partial charge in [-0.1, -0.05) is 102 Å². The number of thioether (sulfide) groups is 2. The summed E-state index contributed by atoms with van der Waals surface area (Å²) in [5, 5.41) is 5.62. The van der Waals surface area contributed by atoms with Crippen LogP contribution in [0.15, 0.2) is 30.3 Å². The molecule has 0 aliphatic carbocycles. The van der Waals surface area contributed by atoms with Gasteiger partial charge in [0.25, 0.3) is 0 Å². The Hall–Kier alpha value is -0.750. The number of carbonyl (C=O) groups excluding carboxylic acids is 3. The van der Waals surface area contributed by atoms with E-state index in [9.17, 15) is 14.4 Å². The average molecular weight is 625 g/mol. The molecule has 0 bridgehead atoms. The number of thiocarbonyl (C=S) groups is 1. The first-order valence-corrected chi connectivity index (χ1v) is 15.4. The highest BCUT2D eigenvalue weighted by Gasteiger charge is 2.60. The summed E-state index contributed by atoms with van der Waals surface area (Å²) in [5.74, 6) is -1.12. The standard InChI is InChI=1S/C24H28Cl3N3O4S3/c1-13-19(22(33)34-17(12-24(25,26)27)37-23(35)15-9-5-6-10-28-15)30-20(32)18(21(30)36-13)29-16(31)11-14-7-3-2-4-8-14/h2-4,7-8,13,15,17-19,21,28H,5-6,9-12H2,1H3,(H,29,31)/t13?,15?,17?,18?,19?,21-/m0/s1. The number of alkyl halides is 3. The van der Waals surface area contributed by atoms with Crippen molar-refractivity contribution in [2.45, 2.75) is 77.0 Å². The molecular formula is C24H28Cl3N3O4S3. The van der Waals surface area contributed by atoms with Gasteiger partial charge in [-0.3, -0.25) is 9.59 Å². The van der Waals surface area contributed by atoms with Gasteiger partial charge in [0.2, 0.25) is 11.8 Å². The van der Waals surface area contributed by atoms with Crippen molar-refractivity contribution in [3.05, 3.63) is 35.9 Å². The molecular weight excluding hydrogens is 597 g/mol. The van der Waals surface area contributed by atoms with Gasteiger partial charge in [-0.25, -0.2) is 4.79 Å². The van der Waals surface area contributed by atoms with Crippen LogP contribution in [0.4, 0.5) is 0 Å². The van der Waals surface area contributed by atoms with Gasteiger partial charge in [0, 0.05) is 17.7 Å². The van der Waals surface area contributed by atoms with Gasteiger partial charge in [0.05, 0.1) is 10.6 Å². The van der Waals surface area contributed by atoms with Crippen LogP contribution in [0, 0.1) is 0 Å². The average Bonchev–Trinajstić information content (AvgIpc) is 3.16. The van der Waals surface area contributed by atoms with Gasteiger partial charge in [-0.05, 0) is 24.9 Å². The molecule has 3 saturated heterocycles. The molecule has 7 nitrogen and oxygen atoms in total. The predicted molar refractivity (Wildman–Crippen MR) is 154 cm³/mol. The maximum atomic E-state index is 13.3. The summed E-state index contributed by atoms with van der Waals surface area (Å²) in [5.41, 5.74) is 0.0431. The number of fused-ring (bicyclic) bond motifs is 1. The van der Waals surface area contributed by atoms with Crippen LogP contribution in [0.3, 0.4) is 0 Å². The Labute approximate surface area is 245 Å². The normalized spacial score (nSPS) is 28.2. The van der Waals surface area contributed by atoms with E-state index in [1.807, 2.05) is 37.3 Å². The van der Waals surface area contributed by atoms with E-state index in [0.717, 1.165) is 31.4 Å². The summed E-state index contributed by atoms with van der Waals surface area (Å²) in [6, 6.07) is 7.84. The van der Waals surface area contributed by atoms with E-state index in [2.05, 4.69) is 10.6 Å². The molecule has 0 spiro atoms. The van der Waals surface area contributed by atoms with Crippen molar-refractivity contribution in [3.8, 4) is 0 Å². The minimum atomic E-state index is -1.65. The zero-order valence-electron chi connectivity index (χ0n) is 20.0. The molecule has 2 amide bonds. The van der Waals surface area contributed by atoms with Gasteiger partial charge in [-0.15, -0.1) is 11.8 Å². The van der Waals surface area contributed by atoms with Gasteiger partial charge in [0.15, 0.2) is 9.23 Å². The lowest BCUT2D eigenvalue weighted by molar-refractivity contribution is -0.164. The zero-order chi connectivity index (χ0) is 26.7. The molecule has 3 aliphatic rings. The maximum absolute atomic E-state index is 13.3. The van der Waals surface area contributed by atoms with E-state index in [4.69, 9.17) is 51.8 Å². The number of hydrogen-bond acceptors (Lipinski definition) is 8. The van der Waals surface area contributed by atoms with Crippen LogP contribution in [0.25, 0.3) is 0 Å². The summed E-state index contributed by atoms with van der Waals surface area (Å²) in [7, 11) is 0. The molecule has 6 atom stereocenters. The summed E-state index contributed by atoms with van der Waals surface area (Å²) in [6.45, 7) is 2.73. The molecule has 3 heterocycles. The van der Waals surface area contributed by atoms with Crippen LogP contribution in [0.5, 0.6) is 0 Å². The highest BCUT2D eigenvalue weighted by Crippen LogP contribution is 2.45. The maximum Gasteiger partial charge on any atom is 0.331 e. The smallest absolute Gasteiger partial charge is 0.331 e. The van der Waals surface area contributed by atoms with Gasteiger partial charge < -0.3 is 20.3 Å². The van der Waals surface area contributed by atoms with Crippen molar-refractivity contribution in [1.29, 1.82) is 0 Å². The lowest BCUT2D eigenvalue weighted by atomic mass is 10.0. The molecule has 202 valence electrons. The van der Waals surface area contributed by atoms with Crippen LogP contribution in [-0.2, 0) is 25.5 Å². The Kier molecular flexibility index (Phi) is 9.97. The van der Waals surface area contributed by atoms with Crippen molar-refractivity contribution < 1.29 is 19.1 Å². The predicted octanol–water partition coefficient (Wildman–Crippen LogP) is 4.22. The van der Waals surface area contributed by atoms with Gasteiger partial charge >= 0.3 is 5.97 Å². The van der Waals surface area contributed by atoms with E-state index in [1.165, 1.54) is 28.4 Å². The lowest BCUT2D eigenvalue weighted by Crippen LogP contribution is -2.70. The number of esters is 1. The zero-order valence-corrected chi connectivity index (χ0v) is 24.7. The van der Waals surface area contributed by atoms with Gasteiger partial charge in [-0.2, -0.15) is 0 Å². The quantitative estimate of drug-likeness (QED) is 0.146. The minimum Gasteiger partial charge on any atom is -0.449 e. The number of piperidine rings is 1. The molecule has 0 aromatic heterocycles. The highest BCUT2D eigenvalue weighted by atomic mass is 35.6. The fourth-order valence-corrected chi connectivity index (χ4v) is 8.51. The van der Waals surface area contributed by atoms with Gasteiger partial charge in [0.1, 0.15) is 17.5 Å². The fraction of sp³-hybridized carbons (Fsp3) is 0.583. The molecule has 0 saturated carbocycles. The number of nitrogens with one attached hydrogen (secondary N) is 2. The first-order chi connectivity index (χ1) is 17.5. The van der Waals surface area contributed by atoms with E-state index in [1.54, 1.807) is 0 Å². The largest absolute Gasteiger partial charge is 0.449 e. The number of carbonyl (C=O) groups is 3. The number of rotatable bonds is 8. The molecule has 1 aromatic carbocycles. The number of hydrogen-bond donors (Lipinski definition) is 2. The molecule has 4 rings (SSSR count). The molecule has 5 unspecified atom stereocenters. The van der Waals surface area contributed by atoms with Crippen molar-refractivity contribution in [3.63, 3.8) is 0 Å². The third-order valence-electron chi connectivity index (χ3n) is 6.43. The Morgan fingerprint density at radius 2 is 2.03 bits per heavy atom. The van der Waals surface area contributed by atoms with Crippen molar-refractivity contribution in [1.82, 2.24) is 15.5 Å². The molecule has 3 fully saturated rings. The third kappa shape index (κ3) is 7.47. The number of nitrogens with zero attached hydrogens (tertiary/aromatic N) is 1. The monoisotopic (exact) mass is 623 g/mol. The first kappa shape index (κ1) is 29.2. The van der Waals surface area contributed by atoms with E-state index in [0.29, 0.717) is 4.20 Å². The number of β-lactam (4-membered cyclic amide) rings is 1. The topological polar surface area (TPSA) is 87.7 Å². The molecule has 13 heteroatoms. The van der Waals surface area contributed by atoms with E-state index >= 15 is 0 Å². The molecule has 2 N–H and O–H groups in total. The lowest BCUT2D eigenvalue weighted by Gasteiger charge is -2.44. The fourth-order valence-electron chi connectivity index (χ4n) is 4.65. The second kappa shape index (κ2) is 12.6. The second-order valence-electron chi connectivity index (χ2n) is 9.25. The number of benzene rings is 1. The van der Waals surface area contributed by atoms with Crippen molar-refractivity contribution in [2.75, 3.05) is 6.54 Å². The van der Waals surface area contributed by atoms with Crippen LogP contribution in [0.1, 0.15) is 38.2 Å². The van der Waals surface area contributed by atoms with Crippen LogP contribution in [-0.4, -0.2) is 71.4 Å². The highest BCUT2D eigenvalue weighted by molar-refractivity contribution is 8.23. The Morgan fingerprint density at radius 1 is 1.30 bits per heavy atom. The summed E-state index contributed by atoms with van der Waals surface area (Å²) < 4.78 is 4.81. The van der Waals surface area contributed by atoms with Crippen molar-refractivity contribution >= 4 is 92.5 Å². The van der Waals surface area contributed by atoms with E-state index in [-0.39, 0.29) is 41.3 Å². The SMILES string of the molecule is CC1S[C@H]2C(NC(=O)Cc3ccccc3)C(=O)N2C1C(=O)OC(CC(Cl)(Cl)Cl)SC(=S)C1CCCCN1. The molecule has 0 radical (unpaired) electrons. The molecule has 3 aliphatic heterocycles. The summed E-state index contributed by atoms with van der Waals surface area (Å²) >= 11 is 26.4. The number of ether oxygens (including phenoxy) is 1. The minimum absolute atomic E-state index is 0.0212. The second-order valence-corrected chi connectivity index (χ2v) is 15.2. The summed E-state index contributed by atoms with van der Waals surface area (Å²) in [6.07, 6.45) is 3.18. The number of amides is 2. The third-order valence-corrected chi connectivity index (χ3v) is 9.98. The van der Waals surface area contributed by atoms with Crippen molar-refractivity contribution in [2.24, 2.45) is 0 Å². The molecule has 1 aromatic rings. The number of halogens is 3. The first-order valence-electron chi connectivity index (χ1n) is 12.1. The Balaban J connectivity index is 1.37. The molecule has 37 heavy (non-hydrogen) atoms. The van der Waals surface area contributed by atoms with E-state index < -0.39 is 27.3 Å². The van der Waals surface area contributed by atoms with Crippen LogP contribution in [0.2, 0.25) is 0 Å². The summed E-state index contributed by atoms with van der Waals surface area (Å²) in [4.78, 5) is 40.3. The van der Waals surface area contributed by atoms with Crippen LogP contribution >= 0.6 is 70.5 Å². The van der Waals surface area contributed by atoms with Crippen LogP contribution < -0.4 is 10.6 Å². The Bertz CT molecular complexity index is 1020.